The highest BCUT2D eigenvalue weighted by Gasteiger charge is 2.36. The molecular formula is C30H52INO4S. The molecule has 0 bridgehead atoms. The van der Waals surface area contributed by atoms with Gasteiger partial charge in [0.05, 0.1) is 17.0 Å². The molecule has 0 saturated heterocycles. The fraction of sp³-hybridized carbons (Fsp3) is 0.833. The van der Waals surface area contributed by atoms with E-state index in [9.17, 15) is 4.79 Å². The lowest BCUT2D eigenvalue weighted by Crippen LogP contribution is -2.37. The second-order valence-electron chi connectivity index (χ2n) is 10.7. The molecule has 0 fully saturated rings. The number of allylic oxidation sites excluding steroid dienone is 1. The molecule has 0 aromatic heterocycles. The topological polar surface area (TPSA) is 57.1 Å². The molecule has 0 spiro atoms. The van der Waals surface area contributed by atoms with Gasteiger partial charge in [-0.25, -0.2) is 9.19 Å². The molecule has 0 amide bonds. The summed E-state index contributed by atoms with van der Waals surface area (Å²) in [5, 5.41) is 0. The first-order chi connectivity index (χ1) is 18.0. The molecule has 0 N–H and O–H groups in total. The molecule has 0 radical (unpaired) electrons. The third-order valence-corrected chi connectivity index (χ3v) is 11.2. The van der Waals surface area contributed by atoms with Crippen LogP contribution in [0.3, 0.4) is 0 Å². The molecule has 37 heavy (non-hydrogen) atoms. The predicted molar refractivity (Wildman–Crippen MR) is 168 cm³/mol. The maximum Gasteiger partial charge on any atom is 0.508 e. The molecule has 1 aliphatic carbocycles. The van der Waals surface area contributed by atoms with E-state index in [4.69, 9.17) is 18.6 Å². The van der Waals surface area contributed by atoms with Gasteiger partial charge in [-0.2, -0.15) is 0 Å². The molecule has 3 atom stereocenters. The lowest BCUT2D eigenvalue weighted by molar-refractivity contribution is -0.0324. The quantitative estimate of drug-likeness (QED) is 0.0487. The van der Waals surface area contributed by atoms with E-state index in [0.29, 0.717) is 18.4 Å². The van der Waals surface area contributed by atoms with Crippen LogP contribution in [0.1, 0.15) is 118 Å². The fourth-order valence-corrected chi connectivity index (χ4v) is 8.94. The molecular weight excluding hydrogens is 597 g/mol. The minimum Gasteiger partial charge on any atom is -0.434 e. The lowest BCUT2D eigenvalue weighted by Gasteiger charge is -2.37. The number of alkyl halides is 1. The van der Waals surface area contributed by atoms with E-state index in [1.54, 1.807) is 11.9 Å². The van der Waals surface area contributed by atoms with Crippen LogP contribution in [0.15, 0.2) is 16.0 Å². The molecule has 0 aromatic carbocycles. The van der Waals surface area contributed by atoms with E-state index in [0.717, 1.165) is 61.0 Å². The maximum atomic E-state index is 12.6. The van der Waals surface area contributed by atoms with Gasteiger partial charge in [-0.3, -0.25) is 0 Å². The van der Waals surface area contributed by atoms with Gasteiger partial charge in [-0.1, -0.05) is 106 Å². The normalized spacial score (nSPS) is 19.8. The van der Waals surface area contributed by atoms with Gasteiger partial charge >= 0.3 is 6.16 Å². The summed E-state index contributed by atoms with van der Waals surface area (Å²) in [4.78, 5) is 12.6. The first-order valence-electron chi connectivity index (χ1n) is 14.8. The fourth-order valence-electron chi connectivity index (χ4n) is 5.30. The molecule has 7 heteroatoms. The van der Waals surface area contributed by atoms with Crippen LogP contribution in [0.5, 0.6) is 0 Å². The van der Waals surface area contributed by atoms with Crippen molar-refractivity contribution < 1.29 is 19.0 Å². The van der Waals surface area contributed by atoms with Crippen LogP contribution in [-0.4, -0.2) is 38.6 Å². The standard InChI is InChI=1S/C30H52INO4S/c1-6-9-11-13-15-20-35-30(33)36-28(23(4)5)26(8-3)24-17-16-18-25(21-24)27-29(31-22-37-32-27)34-19-14-12-10-7-2/h18,23-24,26,28H,6-17,19-22H2,1-5H3. The largest absolute Gasteiger partial charge is 0.508 e. The molecule has 1 aliphatic heterocycles. The van der Waals surface area contributed by atoms with Gasteiger partial charge in [0, 0.05) is 0 Å². The summed E-state index contributed by atoms with van der Waals surface area (Å²) in [6.45, 7) is 12.3. The summed E-state index contributed by atoms with van der Waals surface area (Å²) in [7, 11) is 0. The van der Waals surface area contributed by atoms with Crippen LogP contribution >= 0.6 is 32.7 Å². The Morgan fingerprint density at radius 3 is 2.46 bits per heavy atom. The van der Waals surface area contributed by atoms with Gasteiger partial charge in [-0.05, 0) is 73.8 Å². The number of rotatable bonds is 18. The Labute approximate surface area is 241 Å². The molecule has 2 rings (SSSR count). The van der Waals surface area contributed by atoms with Crippen molar-refractivity contribution in [1.82, 2.24) is 0 Å². The van der Waals surface area contributed by atoms with Crippen molar-refractivity contribution in [3.05, 3.63) is 11.6 Å². The van der Waals surface area contributed by atoms with E-state index in [-0.39, 0.29) is 32.8 Å². The van der Waals surface area contributed by atoms with Gasteiger partial charge < -0.3 is 14.2 Å². The van der Waals surface area contributed by atoms with Crippen LogP contribution in [0.2, 0.25) is 0 Å². The van der Waals surface area contributed by atoms with Crippen LogP contribution in [0.4, 0.5) is 4.79 Å². The Hall–Kier alpha value is -0.410. The number of carbonyl (C=O) groups excluding carboxylic acids is 1. The molecule has 5 nitrogen and oxygen atoms in total. The Morgan fingerprint density at radius 2 is 1.76 bits per heavy atom. The number of nitrogens with zero attached hydrogens (tertiary/aromatic N) is 1. The zero-order chi connectivity index (χ0) is 26.9. The number of hydrogen-bond donors (Lipinski definition) is 0. The van der Waals surface area contributed by atoms with Crippen molar-refractivity contribution in [3.8, 4) is 0 Å². The van der Waals surface area contributed by atoms with Crippen molar-refractivity contribution >= 4 is 48.2 Å². The number of carbonyl (C=O) groups is 1. The average Bonchev–Trinajstić information content (AvgIpc) is 2.90. The zero-order valence-corrected chi connectivity index (χ0v) is 27.0. The van der Waals surface area contributed by atoms with Gasteiger partial charge in [0.15, 0.2) is 0 Å². The van der Waals surface area contributed by atoms with Crippen molar-refractivity contribution in [1.29, 1.82) is 0 Å². The van der Waals surface area contributed by atoms with E-state index in [1.807, 2.05) is 0 Å². The number of ether oxygens (including phenoxy) is 3. The third-order valence-electron chi connectivity index (χ3n) is 7.36. The summed E-state index contributed by atoms with van der Waals surface area (Å²) >= 11 is 1.58. The van der Waals surface area contributed by atoms with Crippen molar-refractivity contribution in [2.75, 3.05) is 17.0 Å². The molecule has 214 valence electrons. The van der Waals surface area contributed by atoms with Crippen LogP contribution in [0, 0.1) is 17.8 Å². The Balaban J connectivity index is 1.95. The van der Waals surface area contributed by atoms with E-state index < -0.39 is 6.16 Å². The van der Waals surface area contributed by atoms with Crippen molar-refractivity contribution in [2.45, 2.75) is 124 Å². The summed E-state index contributed by atoms with van der Waals surface area (Å²) in [6, 6.07) is 0. The number of hydrogen-bond acceptors (Lipinski definition) is 6. The van der Waals surface area contributed by atoms with E-state index in [1.165, 1.54) is 47.8 Å². The Morgan fingerprint density at radius 1 is 1.05 bits per heavy atom. The van der Waals surface area contributed by atoms with Gasteiger partial charge in [0.2, 0.25) is 0 Å². The summed E-state index contributed by atoms with van der Waals surface area (Å²) in [5.41, 5.74) is 2.48. The minimum absolute atomic E-state index is 0.126. The monoisotopic (exact) mass is 649 g/mol. The number of unbranched alkanes of at least 4 members (excludes halogenated alkanes) is 7. The lowest BCUT2D eigenvalue weighted by atomic mass is 9.73. The van der Waals surface area contributed by atoms with Crippen LogP contribution in [-0.2, 0) is 14.2 Å². The van der Waals surface area contributed by atoms with Crippen molar-refractivity contribution in [2.24, 2.45) is 22.2 Å². The smallest absolute Gasteiger partial charge is 0.434 e. The van der Waals surface area contributed by atoms with Gasteiger partial charge in [0.25, 0.3) is 0 Å². The maximum absolute atomic E-state index is 12.6. The molecule has 1 heterocycles. The van der Waals surface area contributed by atoms with Gasteiger partial charge in [-0.15, -0.1) is 0 Å². The first-order valence-corrected chi connectivity index (χ1v) is 18.4. The second-order valence-corrected chi connectivity index (χ2v) is 14.9. The molecule has 0 aromatic rings. The highest BCUT2D eigenvalue weighted by atomic mass is 127. The van der Waals surface area contributed by atoms with Crippen molar-refractivity contribution in [3.63, 3.8) is 0 Å². The predicted octanol–water partition coefficient (Wildman–Crippen LogP) is 9.65. The Kier molecular flexibility index (Phi) is 17.4. The second kappa shape index (κ2) is 19.6. The highest BCUT2D eigenvalue weighted by Crippen LogP contribution is 2.39. The van der Waals surface area contributed by atoms with E-state index in [2.05, 4.69) is 40.7 Å². The third kappa shape index (κ3) is 12.1. The average molecular weight is 650 g/mol. The van der Waals surface area contributed by atoms with Crippen LogP contribution < -0.4 is 0 Å². The minimum atomic E-state index is -0.496. The van der Waals surface area contributed by atoms with E-state index >= 15 is 0 Å². The molecule has 3 unspecified atom stereocenters. The van der Waals surface area contributed by atoms with Crippen LogP contribution in [0.25, 0.3) is 0 Å². The SMILES string of the molecule is CCCCCCCOC(=O)OC(C(C)C)C(CC)C1CCC=C(C2=NSCI=C2OCCCCCC)C1. The Bertz CT molecular complexity index is 752. The highest BCUT2D eigenvalue weighted by molar-refractivity contribution is 14.2. The zero-order valence-electron chi connectivity index (χ0n) is 24.1. The number of halogens is 1. The molecule has 2 aliphatic rings. The summed E-state index contributed by atoms with van der Waals surface area (Å²) in [6.07, 6.45) is 16.5. The first kappa shape index (κ1) is 32.8. The summed E-state index contributed by atoms with van der Waals surface area (Å²) < 4.78 is 25.0. The summed E-state index contributed by atoms with van der Waals surface area (Å²) in [5.74, 6) is 1.03. The molecule has 0 saturated carbocycles. The van der Waals surface area contributed by atoms with Gasteiger partial charge in [0.1, 0.15) is 15.5 Å².